The molecule has 1 rings (SSSR count). The highest BCUT2D eigenvalue weighted by molar-refractivity contribution is 5.90. The molecule has 1 unspecified atom stereocenters. The molecule has 0 aliphatic carbocycles. The van der Waals surface area contributed by atoms with Crippen molar-refractivity contribution < 1.29 is 23.8 Å². The predicted octanol–water partition coefficient (Wildman–Crippen LogP) is 0.785. The van der Waals surface area contributed by atoms with Crippen molar-refractivity contribution in [3.05, 3.63) is 11.6 Å². The van der Waals surface area contributed by atoms with Crippen LogP contribution in [0, 0.1) is 0 Å². The number of hydrogen-bond donors (Lipinski definition) is 0. The summed E-state index contributed by atoms with van der Waals surface area (Å²) in [5.74, 6) is -1.80. The van der Waals surface area contributed by atoms with Gasteiger partial charge in [-0.25, -0.2) is 4.79 Å². The molecule has 0 fully saturated rings. The van der Waals surface area contributed by atoms with Crippen molar-refractivity contribution in [1.29, 1.82) is 0 Å². The van der Waals surface area contributed by atoms with Gasteiger partial charge in [0, 0.05) is 12.5 Å². The minimum Gasteiger partial charge on any atom is -0.469 e. The fourth-order valence-corrected chi connectivity index (χ4v) is 1.26. The third-order valence-corrected chi connectivity index (χ3v) is 2.02. The van der Waals surface area contributed by atoms with Crippen molar-refractivity contribution in [2.75, 3.05) is 13.7 Å². The van der Waals surface area contributed by atoms with Crippen LogP contribution in [0.1, 0.15) is 20.3 Å². The lowest BCUT2D eigenvalue weighted by Gasteiger charge is -2.21. The number of carbonyl (C=O) groups excluding carboxylic acids is 2. The van der Waals surface area contributed by atoms with E-state index in [1.165, 1.54) is 7.11 Å². The van der Waals surface area contributed by atoms with Crippen LogP contribution in [0.2, 0.25) is 0 Å². The Kier molecular flexibility index (Phi) is 3.47. The van der Waals surface area contributed by atoms with Gasteiger partial charge in [-0.1, -0.05) is 0 Å². The predicted molar refractivity (Wildman–Crippen MR) is 50.8 cm³/mol. The van der Waals surface area contributed by atoms with Gasteiger partial charge in [-0.2, -0.15) is 0 Å². The Balaban J connectivity index is 2.40. The van der Waals surface area contributed by atoms with Crippen molar-refractivity contribution in [3.8, 4) is 0 Å². The van der Waals surface area contributed by atoms with Crippen LogP contribution in [0.5, 0.6) is 0 Å². The second-order valence-electron chi connectivity index (χ2n) is 3.41. The van der Waals surface area contributed by atoms with Gasteiger partial charge >= 0.3 is 11.9 Å². The Labute approximate surface area is 88.0 Å². The molecule has 0 aromatic heterocycles. The average molecular weight is 214 g/mol. The van der Waals surface area contributed by atoms with Gasteiger partial charge in [-0.05, 0) is 13.0 Å². The molecule has 15 heavy (non-hydrogen) atoms. The third kappa shape index (κ3) is 3.06. The minimum absolute atomic E-state index is 0.135. The van der Waals surface area contributed by atoms with E-state index in [-0.39, 0.29) is 19.0 Å². The molecule has 0 amide bonds. The molecule has 0 radical (unpaired) electrons. The molecular weight excluding hydrogens is 200 g/mol. The first-order valence-electron chi connectivity index (χ1n) is 4.60. The maximum absolute atomic E-state index is 11.1. The first-order valence-corrected chi connectivity index (χ1v) is 4.60. The molecule has 1 heterocycles. The second kappa shape index (κ2) is 4.44. The van der Waals surface area contributed by atoms with E-state index in [0.717, 1.165) is 0 Å². The third-order valence-electron chi connectivity index (χ3n) is 2.02. The Hall–Kier alpha value is -1.36. The summed E-state index contributed by atoms with van der Waals surface area (Å²) in [6.45, 7) is 3.43. The number of rotatable bonds is 4. The number of esters is 2. The standard InChI is InChI=1S/C10H14O5/c1-7-6-10(2,15-9(7)12)14-5-4-8(11)13-3/h6H,4-5H2,1-3H3. The summed E-state index contributed by atoms with van der Waals surface area (Å²) in [7, 11) is 1.31. The van der Waals surface area contributed by atoms with E-state index in [9.17, 15) is 9.59 Å². The summed E-state index contributed by atoms with van der Waals surface area (Å²) in [6.07, 6.45) is 1.73. The maximum atomic E-state index is 11.1. The lowest BCUT2D eigenvalue weighted by molar-refractivity contribution is -0.192. The van der Waals surface area contributed by atoms with E-state index in [2.05, 4.69) is 4.74 Å². The van der Waals surface area contributed by atoms with Crippen molar-refractivity contribution in [1.82, 2.24) is 0 Å². The monoisotopic (exact) mass is 214 g/mol. The number of hydrogen-bond acceptors (Lipinski definition) is 5. The second-order valence-corrected chi connectivity index (χ2v) is 3.41. The van der Waals surface area contributed by atoms with Gasteiger partial charge in [0.15, 0.2) is 0 Å². The zero-order chi connectivity index (χ0) is 11.5. The summed E-state index contributed by atoms with van der Waals surface area (Å²) < 4.78 is 14.7. The van der Waals surface area contributed by atoms with Crippen molar-refractivity contribution in [3.63, 3.8) is 0 Å². The van der Waals surface area contributed by atoms with E-state index in [1.807, 2.05) is 0 Å². The van der Waals surface area contributed by atoms with Gasteiger partial charge in [0.05, 0.1) is 20.1 Å². The normalized spacial score (nSPS) is 24.7. The molecule has 0 aromatic carbocycles. The summed E-state index contributed by atoms with van der Waals surface area (Å²) in [5.41, 5.74) is 0.510. The number of methoxy groups -OCH3 is 1. The largest absolute Gasteiger partial charge is 0.469 e. The molecule has 0 saturated carbocycles. The average Bonchev–Trinajstić information content (AvgIpc) is 2.41. The van der Waals surface area contributed by atoms with Crippen molar-refractivity contribution >= 4 is 11.9 Å². The molecule has 1 aliphatic heterocycles. The molecule has 5 heteroatoms. The lowest BCUT2D eigenvalue weighted by atomic mass is 10.2. The maximum Gasteiger partial charge on any atom is 0.336 e. The van der Waals surface area contributed by atoms with E-state index in [0.29, 0.717) is 5.57 Å². The highest BCUT2D eigenvalue weighted by Crippen LogP contribution is 2.25. The molecule has 84 valence electrons. The quantitative estimate of drug-likeness (QED) is 0.647. The Morgan fingerprint density at radius 2 is 2.27 bits per heavy atom. The molecule has 1 aliphatic rings. The number of cyclic esters (lactones) is 1. The van der Waals surface area contributed by atoms with Crippen LogP contribution in [0.15, 0.2) is 11.6 Å². The van der Waals surface area contributed by atoms with E-state index >= 15 is 0 Å². The molecule has 0 aromatic rings. The van der Waals surface area contributed by atoms with Gasteiger partial charge in [-0.15, -0.1) is 0 Å². The Morgan fingerprint density at radius 3 is 2.73 bits per heavy atom. The zero-order valence-electron chi connectivity index (χ0n) is 9.03. The Bertz CT molecular complexity index is 307. The van der Waals surface area contributed by atoms with Crippen LogP contribution >= 0.6 is 0 Å². The first-order chi connectivity index (χ1) is 6.97. The van der Waals surface area contributed by atoms with Crippen LogP contribution in [-0.2, 0) is 23.8 Å². The highest BCUT2D eigenvalue weighted by atomic mass is 16.7. The van der Waals surface area contributed by atoms with Crippen LogP contribution in [0.25, 0.3) is 0 Å². The van der Waals surface area contributed by atoms with Crippen molar-refractivity contribution in [2.24, 2.45) is 0 Å². The van der Waals surface area contributed by atoms with Crippen molar-refractivity contribution in [2.45, 2.75) is 26.1 Å². The van der Waals surface area contributed by atoms with Crippen LogP contribution in [-0.4, -0.2) is 31.4 Å². The van der Waals surface area contributed by atoms with Gasteiger partial charge in [-0.3, -0.25) is 4.79 Å². The highest BCUT2D eigenvalue weighted by Gasteiger charge is 2.34. The minimum atomic E-state index is -1.05. The van der Waals surface area contributed by atoms with E-state index in [4.69, 9.17) is 9.47 Å². The number of carbonyl (C=O) groups is 2. The molecule has 1 atom stereocenters. The Morgan fingerprint density at radius 1 is 1.60 bits per heavy atom. The summed E-state index contributed by atoms with van der Waals surface area (Å²) in [4.78, 5) is 21.9. The number of ether oxygens (including phenoxy) is 3. The van der Waals surface area contributed by atoms with Gasteiger partial charge in [0.2, 0.25) is 5.79 Å². The molecule has 0 N–H and O–H groups in total. The molecule has 0 bridgehead atoms. The fourth-order valence-electron chi connectivity index (χ4n) is 1.26. The zero-order valence-corrected chi connectivity index (χ0v) is 9.03. The van der Waals surface area contributed by atoms with Crippen LogP contribution < -0.4 is 0 Å². The smallest absolute Gasteiger partial charge is 0.336 e. The molecule has 5 nitrogen and oxygen atoms in total. The summed E-state index contributed by atoms with van der Waals surface area (Å²) >= 11 is 0. The summed E-state index contributed by atoms with van der Waals surface area (Å²) in [5, 5.41) is 0. The lowest BCUT2D eigenvalue weighted by Crippen LogP contribution is -2.28. The van der Waals surface area contributed by atoms with E-state index < -0.39 is 11.8 Å². The molecule has 0 spiro atoms. The van der Waals surface area contributed by atoms with Crippen LogP contribution in [0.4, 0.5) is 0 Å². The van der Waals surface area contributed by atoms with Gasteiger partial charge in [0.25, 0.3) is 0 Å². The topological polar surface area (TPSA) is 61.8 Å². The SMILES string of the molecule is COC(=O)CCOC1(C)C=C(C)C(=O)O1. The fraction of sp³-hybridized carbons (Fsp3) is 0.600. The first kappa shape index (κ1) is 11.7. The summed E-state index contributed by atoms with van der Waals surface area (Å²) in [6, 6.07) is 0. The van der Waals surface area contributed by atoms with Crippen LogP contribution in [0.3, 0.4) is 0 Å². The molecule has 0 saturated heterocycles. The van der Waals surface area contributed by atoms with E-state index in [1.54, 1.807) is 19.9 Å². The van der Waals surface area contributed by atoms with Gasteiger partial charge in [0.1, 0.15) is 0 Å². The molecular formula is C10H14O5. The van der Waals surface area contributed by atoms with Gasteiger partial charge < -0.3 is 14.2 Å².